The highest BCUT2D eigenvalue weighted by Gasteiger charge is 2.47. The molecule has 0 aliphatic carbocycles. The summed E-state index contributed by atoms with van der Waals surface area (Å²) in [5.74, 6) is 0.454. The van der Waals surface area contributed by atoms with E-state index >= 15 is 0 Å². The first-order chi connectivity index (χ1) is 12.0. The van der Waals surface area contributed by atoms with Crippen molar-refractivity contribution in [3.8, 4) is 0 Å². The van der Waals surface area contributed by atoms with Crippen LogP contribution in [0.5, 0.6) is 0 Å². The highest BCUT2D eigenvalue weighted by Crippen LogP contribution is 2.31. The number of carbonyl (C=O) groups excluding carboxylic acids is 2. The fourth-order valence-electron chi connectivity index (χ4n) is 2.87. The smallest absolute Gasteiger partial charge is 0.325 e. The molecule has 0 saturated carbocycles. The number of thioether (sulfide) groups is 1. The molecule has 2 aliphatic rings. The number of hydrogen-bond acceptors (Lipinski definition) is 7. The number of imide groups is 1. The molecule has 1 N–H and O–H groups in total. The summed E-state index contributed by atoms with van der Waals surface area (Å²) in [6.45, 7) is 0.626. The van der Waals surface area contributed by atoms with Crippen molar-refractivity contribution in [3.05, 3.63) is 24.3 Å². The van der Waals surface area contributed by atoms with Gasteiger partial charge in [0.25, 0.3) is 5.91 Å². The van der Waals surface area contributed by atoms with Crippen molar-refractivity contribution >= 4 is 65.9 Å². The summed E-state index contributed by atoms with van der Waals surface area (Å²) < 4.78 is 2.77. The van der Waals surface area contributed by atoms with Crippen LogP contribution < -0.4 is 5.32 Å². The second kappa shape index (κ2) is 6.58. The molecule has 7 nitrogen and oxygen atoms in total. The molecule has 0 radical (unpaired) electrons. The number of thiazole rings is 1. The molecule has 4 rings (SSSR count). The summed E-state index contributed by atoms with van der Waals surface area (Å²) in [5.41, 5.74) is 1.01. The zero-order chi connectivity index (χ0) is 17.6. The molecule has 1 fully saturated rings. The van der Waals surface area contributed by atoms with Crippen molar-refractivity contribution in [1.82, 2.24) is 20.1 Å². The van der Waals surface area contributed by atoms with E-state index in [1.54, 1.807) is 30.1 Å². The molecule has 25 heavy (non-hydrogen) atoms. The zero-order valence-corrected chi connectivity index (χ0v) is 16.4. The summed E-state index contributed by atoms with van der Waals surface area (Å²) >= 11 is 6.74. The van der Waals surface area contributed by atoms with E-state index in [1.165, 1.54) is 9.60 Å². The first-order valence-corrected chi connectivity index (χ1v) is 10.2. The van der Waals surface area contributed by atoms with Gasteiger partial charge in [-0.3, -0.25) is 10.1 Å². The average molecular weight is 440 g/mol. The van der Waals surface area contributed by atoms with Gasteiger partial charge in [-0.1, -0.05) is 23.9 Å². The van der Waals surface area contributed by atoms with E-state index in [4.69, 9.17) is 0 Å². The number of urea groups is 1. The fourth-order valence-corrected chi connectivity index (χ4v) is 5.55. The summed E-state index contributed by atoms with van der Waals surface area (Å²) in [5, 5.41) is 2.37. The molecule has 10 heteroatoms. The Bertz CT molecular complexity index is 853. The van der Waals surface area contributed by atoms with Crippen LogP contribution in [0.4, 0.5) is 4.79 Å². The molecule has 130 valence electrons. The average Bonchev–Trinajstić information content (AvgIpc) is 3.14. The van der Waals surface area contributed by atoms with Crippen molar-refractivity contribution in [2.75, 3.05) is 19.3 Å². The van der Waals surface area contributed by atoms with Crippen LogP contribution in [0.3, 0.4) is 0 Å². The van der Waals surface area contributed by atoms with E-state index in [1.807, 2.05) is 23.1 Å². The second-order valence-electron chi connectivity index (χ2n) is 5.65. The Morgan fingerprint density at radius 2 is 2.16 bits per heavy atom. The van der Waals surface area contributed by atoms with E-state index in [0.717, 1.165) is 15.6 Å². The highest BCUT2D eigenvalue weighted by atomic mass is 79.9. The number of halogens is 1. The van der Waals surface area contributed by atoms with E-state index < -0.39 is 18.2 Å². The number of nitrogens with one attached hydrogen (secondary N) is 1. The number of amides is 3. The van der Waals surface area contributed by atoms with Gasteiger partial charge in [0.2, 0.25) is 0 Å². The molecule has 2 aliphatic heterocycles. The lowest BCUT2D eigenvalue weighted by Crippen LogP contribution is -2.63. The van der Waals surface area contributed by atoms with Crippen molar-refractivity contribution in [1.29, 1.82) is 0 Å². The molecule has 1 aromatic heterocycles. The molecule has 2 atom stereocenters. The van der Waals surface area contributed by atoms with Gasteiger partial charge in [-0.05, 0) is 28.1 Å². The molecule has 3 heterocycles. The minimum Gasteiger partial charge on any atom is -0.334 e. The van der Waals surface area contributed by atoms with E-state index in [-0.39, 0.29) is 5.91 Å². The maximum atomic E-state index is 12.2. The molecule has 1 saturated heterocycles. The number of aliphatic imine (C=N–C) groups is 1. The van der Waals surface area contributed by atoms with Crippen LogP contribution in [0, 0.1) is 0 Å². The quantitative estimate of drug-likeness (QED) is 0.584. The third-order valence-electron chi connectivity index (χ3n) is 4.14. The third-order valence-corrected chi connectivity index (χ3v) is 6.96. The Kier molecular flexibility index (Phi) is 4.42. The largest absolute Gasteiger partial charge is 0.334 e. The van der Waals surface area contributed by atoms with Gasteiger partial charge in [0, 0.05) is 19.3 Å². The number of nitrogens with zero attached hydrogens (tertiary/aromatic N) is 4. The van der Waals surface area contributed by atoms with Crippen LogP contribution in [0.15, 0.2) is 33.6 Å². The van der Waals surface area contributed by atoms with Gasteiger partial charge in [-0.25, -0.2) is 14.8 Å². The number of aromatic nitrogens is 1. The Morgan fingerprint density at radius 1 is 1.36 bits per heavy atom. The number of hydrogen-bond donors (Lipinski definition) is 1. The molecule has 2 aromatic rings. The molecule has 1 aromatic carbocycles. The zero-order valence-electron chi connectivity index (χ0n) is 13.2. The van der Waals surface area contributed by atoms with Crippen LogP contribution in [0.1, 0.15) is 0 Å². The molecule has 0 bridgehead atoms. The Labute approximate surface area is 160 Å². The minimum absolute atomic E-state index is 0.309. The first-order valence-electron chi connectivity index (χ1n) is 7.60. The minimum atomic E-state index is -0.493. The highest BCUT2D eigenvalue weighted by molar-refractivity contribution is 9.18. The van der Waals surface area contributed by atoms with Gasteiger partial charge < -0.3 is 9.80 Å². The standard InChI is InChI=1S/C15H14BrN5O2S2/c1-20-11-10(12(22)19-14(20)23)21(13(16)18-11)6-7-24-15-17-8-4-2-3-5-9(8)25-15/h2-5,10-11H,6-7H2,1H3,(H,19,22,23). The fraction of sp³-hybridized carbons (Fsp3) is 0.333. The summed E-state index contributed by atoms with van der Waals surface area (Å²) in [7, 11) is 1.64. The van der Waals surface area contributed by atoms with Crippen molar-refractivity contribution < 1.29 is 9.59 Å². The number of likely N-dealkylation sites (N-methyl/N-ethyl adjacent to an activating group) is 1. The van der Waals surface area contributed by atoms with Crippen LogP contribution in [0.25, 0.3) is 10.2 Å². The topological polar surface area (TPSA) is 77.9 Å². The van der Waals surface area contributed by atoms with Crippen molar-refractivity contribution in [2.45, 2.75) is 16.5 Å². The number of rotatable bonds is 4. The van der Waals surface area contributed by atoms with Crippen LogP contribution in [-0.4, -0.2) is 63.0 Å². The molecular formula is C15H14BrN5O2S2. The number of benzene rings is 1. The Balaban J connectivity index is 1.43. The number of fused-ring (bicyclic) bond motifs is 2. The maximum Gasteiger partial charge on any atom is 0.325 e. The van der Waals surface area contributed by atoms with Gasteiger partial charge in [-0.15, -0.1) is 11.3 Å². The lowest BCUT2D eigenvalue weighted by atomic mass is 10.1. The lowest BCUT2D eigenvalue weighted by Gasteiger charge is -2.35. The first kappa shape index (κ1) is 16.8. The monoisotopic (exact) mass is 439 g/mol. The van der Waals surface area contributed by atoms with Gasteiger partial charge in [0.1, 0.15) is 0 Å². The van der Waals surface area contributed by atoms with Gasteiger partial charge in [0.15, 0.2) is 21.3 Å². The van der Waals surface area contributed by atoms with Crippen molar-refractivity contribution in [2.24, 2.45) is 4.99 Å². The van der Waals surface area contributed by atoms with Gasteiger partial charge in [-0.2, -0.15) is 0 Å². The second-order valence-corrected chi connectivity index (χ2v) is 8.73. The summed E-state index contributed by atoms with van der Waals surface area (Å²) in [4.78, 5) is 36.3. The molecule has 3 amide bonds. The lowest BCUT2D eigenvalue weighted by molar-refractivity contribution is -0.126. The van der Waals surface area contributed by atoms with Gasteiger partial charge >= 0.3 is 6.03 Å². The van der Waals surface area contributed by atoms with Crippen molar-refractivity contribution in [3.63, 3.8) is 0 Å². The molecule has 2 unspecified atom stereocenters. The number of para-hydroxylation sites is 1. The summed E-state index contributed by atoms with van der Waals surface area (Å²) in [6.07, 6.45) is -0.483. The normalized spacial score (nSPS) is 23.0. The van der Waals surface area contributed by atoms with E-state index in [0.29, 0.717) is 11.3 Å². The third kappa shape index (κ3) is 3.02. The van der Waals surface area contributed by atoms with Crippen LogP contribution >= 0.6 is 39.0 Å². The summed E-state index contributed by atoms with van der Waals surface area (Å²) in [6, 6.07) is 7.14. The number of amidine groups is 1. The Morgan fingerprint density at radius 3 is 2.96 bits per heavy atom. The van der Waals surface area contributed by atoms with Crippen LogP contribution in [0.2, 0.25) is 0 Å². The Hall–Kier alpha value is -1.65. The predicted molar refractivity (Wildman–Crippen MR) is 102 cm³/mol. The van der Waals surface area contributed by atoms with E-state index in [9.17, 15) is 9.59 Å². The van der Waals surface area contributed by atoms with Gasteiger partial charge in [0.05, 0.1) is 10.2 Å². The van der Waals surface area contributed by atoms with E-state index in [2.05, 4.69) is 37.3 Å². The predicted octanol–water partition coefficient (Wildman–Crippen LogP) is 2.33. The number of carbonyl (C=O) groups is 2. The molecular weight excluding hydrogens is 426 g/mol. The molecule has 0 spiro atoms. The maximum absolute atomic E-state index is 12.2. The van der Waals surface area contributed by atoms with Crippen LogP contribution in [-0.2, 0) is 4.79 Å². The SMILES string of the molecule is CN1C(=O)NC(=O)C2C1N=C(Br)N2CCSc1nc2ccccc2s1.